The van der Waals surface area contributed by atoms with Crippen LogP contribution in [0.15, 0.2) is 16.7 Å². The molecule has 27 heavy (non-hydrogen) atoms. The van der Waals surface area contributed by atoms with E-state index in [0.717, 1.165) is 51.9 Å². The van der Waals surface area contributed by atoms with Crippen molar-refractivity contribution in [3.05, 3.63) is 23.7 Å². The summed E-state index contributed by atoms with van der Waals surface area (Å²) in [6.45, 7) is 6.32. The molecule has 1 atom stereocenters. The molecule has 2 amide bonds. The van der Waals surface area contributed by atoms with Crippen LogP contribution in [0, 0.1) is 12.8 Å². The number of ether oxygens (including phenoxy) is 1. The lowest BCUT2D eigenvalue weighted by Crippen LogP contribution is -2.51. The molecule has 0 aromatic carbocycles. The van der Waals surface area contributed by atoms with E-state index in [1.54, 1.807) is 19.4 Å². The molecule has 2 fully saturated rings. The minimum atomic E-state index is 0.0591. The lowest BCUT2D eigenvalue weighted by Gasteiger charge is -2.42. The van der Waals surface area contributed by atoms with E-state index in [2.05, 4.69) is 10.2 Å². The molecule has 150 valence electrons. The zero-order valence-corrected chi connectivity index (χ0v) is 16.4. The number of nitrogens with zero attached hydrogens (tertiary/aromatic N) is 2. The number of nitrogens with one attached hydrogen (secondary N) is 1. The highest BCUT2D eigenvalue weighted by atomic mass is 16.5. The van der Waals surface area contributed by atoms with Gasteiger partial charge < -0.3 is 19.4 Å². The second-order valence-electron chi connectivity index (χ2n) is 7.53. The molecule has 3 rings (SSSR count). The number of hydrogen-bond acceptors (Lipinski definition) is 5. The van der Waals surface area contributed by atoms with Gasteiger partial charge in [0.05, 0.1) is 24.4 Å². The molecule has 1 N–H and O–H groups in total. The molecule has 1 aromatic heterocycles. The number of carbonyl (C=O) groups is 2. The van der Waals surface area contributed by atoms with Gasteiger partial charge in [-0.05, 0) is 45.2 Å². The molecule has 0 aliphatic carbocycles. The van der Waals surface area contributed by atoms with Crippen molar-refractivity contribution in [2.75, 3.05) is 46.4 Å². The Bertz CT molecular complexity index is 637. The lowest BCUT2D eigenvalue weighted by molar-refractivity contribution is -0.127. The van der Waals surface area contributed by atoms with Crippen molar-refractivity contribution >= 4 is 11.8 Å². The number of furan rings is 1. The molecular formula is C20H31N3O4. The van der Waals surface area contributed by atoms with E-state index >= 15 is 0 Å². The van der Waals surface area contributed by atoms with Crippen LogP contribution in [0.5, 0.6) is 0 Å². The Balaban J connectivity index is 1.48. The predicted molar refractivity (Wildman–Crippen MR) is 102 cm³/mol. The maximum atomic E-state index is 12.6. The molecule has 7 heteroatoms. The van der Waals surface area contributed by atoms with E-state index < -0.39 is 0 Å². The summed E-state index contributed by atoms with van der Waals surface area (Å²) in [5, 5.41) is 2.97. The van der Waals surface area contributed by atoms with Crippen LogP contribution in [0.1, 0.15) is 41.8 Å². The number of aryl methyl sites for hydroxylation is 1. The van der Waals surface area contributed by atoms with Gasteiger partial charge in [-0.3, -0.25) is 14.5 Å². The first-order chi connectivity index (χ1) is 13.1. The van der Waals surface area contributed by atoms with Gasteiger partial charge in [0.15, 0.2) is 0 Å². The molecule has 0 radical (unpaired) electrons. The van der Waals surface area contributed by atoms with E-state index in [-0.39, 0.29) is 17.7 Å². The zero-order chi connectivity index (χ0) is 19.2. The molecule has 2 saturated heterocycles. The van der Waals surface area contributed by atoms with Crippen molar-refractivity contribution in [3.63, 3.8) is 0 Å². The zero-order valence-electron chi connectivity index (χ0n) is 16.4. The van der Waals surface area contributed by atoms with Crippen molar-refractivity contribution in [2.24, 2.45) is 5.92 Å². The van der Waals surface area contributed by atoms with Crippen LogP contribution in [0.3, 0.4) is 0 Å². The SMILES string of the molecule is COCCNC(=O)[C@H]1CCCN(C2CCN(C(=O)c3ccoc3C)CC2)C1. The monoisotopic (exact) mass is 377 g/mol. The first kappa shape index (κ1) is 19.9. The van der Waals surface area contributed by atoms with Crippen molar-refractivity contribution in [1.82, 2.24) is 15.1 Å². The van der Waals surface area contributed by atoms with Crippen molar-refractivity contribution in [3.8, 4) is 0 Å². The summed E-state index contributed by atoms with van der Waals surface area (Å²) >= 11 is 0. The smallest absolute Gasteiger partial charge is 0.257 e. The molecule has 0 bridgehead atoms. The average molecular weight is 377 g/mol. The van der Waals surface area contributed by atoms with Crippen LogP contribution in [0.2, 0.25) is 0 Å². The van der Waals surface area contributed by atoms with Crippen LogP contribution in [-0.4, -0.2) is 74.1 Å². The number of rotatable bonds is 6. The van der Waals surface area contributed by atoms with Crippen molar-refractivity contribution in [1.29, 1.82) is 0 Å². The highest BCUT2D eigenvalue weighted by molar-refractivity contribution is 5.95. The van der Waals surface area contributed by atoms with Crippen LogP contribution >= 0.6 is 0 Å². The van der Waals surface area contributed by atoms with Gasteiger partial charge in [-0.1, -0.05) is 0 Å². The lowest BCUT2D eigenvalue weighted by atomic mass is 9.93. The molecule has 2 aliphatic rings. The number of piperidine rings is 2. The fourth-order valence-electron chi connectivity index (χ4n) is 4.18. The fourth-order valence-corrected chi connectivity index (χ4v) is 4.18. The van der Waals surface area contributed by atoms with Crippen LogP contribution in [0.4, 0.5) is 0 Å². The van der Waals surface area contributed by atoms with E-state index in [4.69, 9.17) is 9.15 Å². The summed E-state index contributed by atoms with van der Waals surface area (Å²) in [6, 6.07) is 2.20. The van der Waals surface area contributed by atoms with Crippen LogP contribution in [-0.2, 0) is 9.53 Å². The van der Waals surface area contributed by atoms with Crippen molar-refractivity contribution < 1.29 is 18.7 Å². The van der Waals surface area contributed by atoms with Gasteiger partial charge in [0.1, 0.15) is 5.76 Å². The average Bonchev–Trinajstić information content (AvgIpc) is 3.13. The number of methoxy groups -OCH3 is 1. The van der Waals surface area contributed by atoms with E-state index in [1.165, 1.54) is 0 Å². The highest BCUT2D eigenvalue weighted by Gasteiger charge is 2.33. The van der Waals surface area contributed by atoms with Gasteiger partial charge in [0.2, 0.25) is 5.91 Å². The standard InChI is InChI=1S/C20H31N3O4/c1-15-18(7-12-27-15)20(25)22-10-5-17(6-11-22)23-9-3-4-16(14-23)19(24)21-8-13-26-2/h7,12,16-17H,3-6,8-11,13-14H2,1-2H3,(H,21,24)/t16-/m0/s1. The Kier molecular flexibility index (Phi) is 6.90. The number of amides is 2. The summed E-state index contributed by atoms with van der Waals surface area (Å²) in [6.07, 6.45) is 5.49. The molecule has 2 aliphatic heterocycles. The van der Waals surface area contributed by atoms with Crippen molar-refractivity contribution in [2.45, 2.75) is 38.6 Å². The Morgan fingerprint density at radius 1 is 1.26 bits per heavy atom. The maximum Gasteiger partial charge on any atom is 0.257 e. The Hall–Kier alpha value is -1.86. The summed E-state index contributed by atoms with van der Waals surface area (Å²) in [5.41, 5.74) is 0.666. The molecule has 0 spiro atoms. The van der Waals surface area contributed by atoms with E-state index in [1.807, 2.05) is 11.8 Å². The summed E-state index contributed by atoms with van der Waals surface area (Å²) in [5.74, 6) is 0.942. The van der Waals surface area contributed by atoms with Gasteiger partial charge in [0.25, 0.3) is 5.91 Å². The number of likely N-dealkylation sites (tertiary alicyclic amines) is 2. The molecule has 0 saturated carbocycles. The summed E-state index contributed by atoms with van der Waals surface area (Å²) in [7, 11) is 1.64. The van der Waals surface area contributed by atoms with Crippen LogP contribution in [0.25, 0.3) is 0 Å². The molecule has 3 heterocycles. The number of carbonyl (C=O) groups excluding carboxylic acids is 2. The molecule has 0 unspecified atom stereocenters. The highest BCUT2D eigenvalue weighted by Crippen LogP contribution is 2.25. The van der Waals surface area contributed by atoms with Gasteiger partial charge in [-0.15, -0.1) is 0 Å². The Morgan fingerprint density at radius 3 is 2.70 bits per heavy atom. The number of hydrogen-bond donors (Lipinski definition) is 1. The maximum absolute atomic E-state index is 12.6. The Labute approximate surface area is 161 Å². The summed E-state index contributed by atoms with van der Waals surface area (Å²) in [4.78, 5) is 29.3. The van der Waals surface area contributed by atoms with Gasteiger partial charge in [-0.2, -0.15) is 0 Å². The fraction of sp³-hybridized carbons (Fsp3) is 0.700. The molecular weight excluding hydrogens is 346 g/mol. The summed E-state index contributed by atoms with van der Waals surface area (Å²) < 4.78 is 10.3. The van der Waals surface area contributed by atoms with Gasteiger partial charge >= 0.3 is 0 Å². The normalized spacial score (nSPS) is 22.0. The minimum Gasteiger partial charge on any atom is -0.469 e. The van der Waals surface area contributed by atoms with Gasteiger partial charge in [-0.25, -0.2) is 0 Å². The minimum absolute atomic E-state index is 0.0591. The van der Waals surface area contributed by atoms with Gasteiger partial charge in [0, 0.05) is 39.3 Å². The van der Waals surface area contributed by atoms with E-state index in [9.17, 15) is 9.59 Å². The second-order valence-corrected chi connectivity index (χ2v) is 7.53. The second kappa shape index (κ2) is 9.37. The quantitative estimate of drug-likeness (QED) is 0.764. The topological polar surface area (TPSA) is 75.0 Å². The predicted octanol–water partition coefficient (Wildman–Crippen LogP) is 1.67. The molecule has 7 nitrogen and oxygen atoms in total. The largest absolute Gasteiger partial charge is 0.469 e. The Morgan fingerprint density at radius 2 is 2.04 bits per heavy atom. The third-order valence-electron chi connectivity index (χ3n) is 5.79. The first-order valence-corrected chi connectivity index (χ1v) is 9.94. The van der Waals surface area contributed by atoms with E-state index in [0.29, 0.717) is 30.5 Å². The third-order valence-corrected chi connectivity index (χ3v) is 5.79. The third kappa shape index (κ3) is 4.90. The van der Waals surface area contributed by atoms with Crippen LogP contribution < -0.4 is 5.32 Å². The molecule has 1 aromatic rings. The first-order valence-electron chi connectivity index (χ1n) is 9.94.